The van der Waals surface area contributed by atoms with Gasteiger partial charge in [-0.15, -0.1) is 0 Å². The molecule has 0 aromatic heterocycles. The Labute approximate surface area is 190 Å². The SMILES string of the molecule is COc1ccc(F)c(S[C@@H](CN2CCCC2)NC(=O)C(F)(F)C2Cc3ccccc3C2)c1. The summed E-state index contributed by atoms with van der Waals surface area (Å²) in [5, 5.41) is 1.81. The number of ether oxygens (including phenoxy) is 1. The Kier molecular flexibility index (Phi) is 7.00. The number of alkyl halides is 2. The Balaban J connectivity index is 1.49. The second-order valence-corrected chi connectivity index (χ2v) is 9.63. The van der Waals surface area contributed by atoms with Crippen molar-refractivity contribution in [3.8, 4) is 5.75 Å². The van der Waals surface area contributed by atoms with Crippen LogP contribution in [-0.2, 0) is 17.6 Å². The van der Waals surface area contributed by atoms with Crippen molar-refractivity contribution in [2.75, 3.05) is 26.7 Å². The van der Waals surface area contributed by atoms with Gasteiger partial charge in [0.25, 0.3) is 5.91 Å². The van der Waals surface area contributed by atoms with Crippen LogP contribution in [0.5, 0.6) is 5.75 Å². The highest BCUT2D eigenvalue weighted by Crippen LogP contribution is 2.38. The fourth-order valence-corrected chi connectivity index (χ4v) is 5.53. The molecule has 4 nitrogen and oxygen atoms in total. The first-order chi connectivity index (χ1) is 15.4. The van der Waals surface area contributed by atoms with E-state index in [-0.39, 0.29) is 17.7 Å². The molecule has 0 bridgehead atoms. The summed E-state index contributed by atoms with van der Waals surface area (Å²) >= 11 is 1.04. The molecular weight excluding hydrogens is 437 g/mol. The van der Waals surface area contributed by atoms with Crippen molar-refractivity contribution in [1.29, 1.82) is 0 Å². The van der Waals surface area contributed by atoms with Crippen molar-refractivity contribution >= 4 is 17.7 Å². The highest BCUT2D eigenvalue weighted by molar-refractivity contribution is 8.00. The van der Waals surface area contributed by atoms with Crippen LogP contribution in [0.15, 0.2) is 47.4 Å². The zero-order chi connectivity index (χ0) is 22.7. The molecule has 0 spiro atoms. The van der Waals surface area contributed by atoms with E-state index in [1.165, 1.54) is 25.3 Å². The first-order valence-corrected chi connectivity index (χ1v) is 11.7. The summed E-state index contributed by atoms with van der Waals surface area (Å²) in [5.41, 5.74) is 1.73. The third-order valence-electron chi connectivity index (χ3n) is 6.19. The number of methoxy groups -OCH3 is 1. The number of carbonyl (C=O) groups excluding carboxylic acids is 1. The zero-order valence-electron chi connectivity index (χ0n) is 18.0. The molecule has 1 fully saturated rings. The van der Waals surface area contributed by atoms with Crippen LogP contribution in [0.4, 0.5) is 13.2 Å². The van der Waals surface area contributed by atoms with Crippen molar-refractivity contribution in [3.05, 3.63) is 59.4 Å². The number of nitrogens with zero attached hydrogens (tertiary/aromatic N) is 1. The summed E-state index contributed by atoms with van der Waals surface area (Å²) in [7, 11) is 1.48. The molecule has 8 heteroatoms. The van der Waals surface area contributed by atoms with E-state index in [0.29, 0.717) is 12.3 Å². The van der Waals surface area contributed by atoms with Crippen molar-refractivity contribution in [2.24, 2.45) is 5.92 Å². The van der Waals surface area contributed by atoms with Crippen molar-refractivity contribution in [2.45, 2.75) is 41.9 Å². The minimum Gasteiger partial charge on any atom is -0.497 e. The molecule has 1 aliphatic heterocycles. The van der Waals surface area contributed by atoms with Gasteiger partial charge in [-0.3, -0.25) is 4.79 Å². The van der Waals surface area contributed by atoms with E-state index in [1.54, 1.807) is 0 Å². The van der Waals surface area contributed by atoms with Crippen molar-refractivity contribution < 1.29 is 22.7 Å². The van der Waals surface area contributed by atoms with Crippen LogP contribution >= 0.6 is 11.8 Å². The molecule has 0 unspecified atom stereocenters. The molecule has 1 heterocycles. The van der Waals surface area contributed by atoms with Gasteiger partial charge in [-0.2, -0.15) is 8.78 Å². The smallest absolute Gasteiger partial charge is 0.327 e. The Morgan fingerprint density at radius 1 is 1.19 bits per heavy atom. The quantitative estimate of drug-likeness (QED) is 0.461. The standard InChI is InChI=1S/C24H27F3N2O2S/c1-31-19-8-9-20(25)21(14-19)32-22(15-29-10-4-5-11-29)28-23(30)24(26,27)18-12-16-6-2-3-7-17(16)13-18/h2-3,6-9,14,18,22H,4-5,10-13,15H2,1H3,(H,28,30)/t22-/m0/s1. The van der Waals surface area contributed by atoms with Crippen LogP contribution in [0, 0.1) is 11.7 Å². The molecular formula is C24H27F3N2O2S. The summed E-state index contributed by atoms with van der Waals surface area (Å²) in [6.45, 7) is 2.04. The molecule has 1 N–H and O–H groups in total. The Hall–Kier alpha value is -2.19. The Morgan fingerprint density at radius 3 is 2.47 bits per heavy atom. The number of rotatable bonds is 8. The average Bonchev–Trinajstić information content (AvgIpc) is 3.45. The van der Waals surface area contributed by atoms with E-state index in [2.05, 4.69) is 10.2 Å². The minimum absolute atomic E-state index is 0.172. The Bertz CT molecular complexity index is 941. The van der Waals surface area contributed by atoms with E-state index in [9.17, 15) is 9.18 Å². The normalized spacial score (nSPS) is 17.9. The van der Waals surface area contributed by atoms with Crippen LogP contribution in [-0.4, -0.2) is 48.8 Å². The van der Waals surface area contributed by atoms with E-state index in [0.717, 1.165) is 48.8 Å². The molecule has 2 aromatic carbocycles. The third kappa shape index (κ3) is 5.07. The van der Waals surface area contributed by atoms with E-state index in [1.807, 2.05) is 24.3 Å². The molecule has 2 aromatic rings. The molecule has 1 atom stereocenters. The van der Waals surface area contributed by atoms with Crippen LogP contribution in [0.25, 0.3) is 0 Å². The second-order valence-electron chi connectivity index (χ2n) is 8.38. The fraction of sp³-hybridized carbons (Fsp3) is 0.458. The van der Waals surface area contributed by atoms with E-state index >= 15 is 8.78 Å². The van der Waals surface area contributed by atoms with E-state index < -0.39 is 28.9 Å². The maximum Gasteiger partial charge on any atom is 0.327 e. The lowest BCUT2D eigenvalue weighted by Gasteiger charge is -2.28. The van der Waals surface area contributed by atoms with Crippen LogP contribution in [0.1, 0.15) is 24.0 Å². The number of carbonyl (C=O) groups is 1. The number of halogens is 3. The second kappa shape index (κ2) is 9.75. The number of thioether (sulfide) groups is 1. The third-order valence-corrected chi connectivity index (χ3v) is 7.31. The molecule has 4 rings (SSSR count). The van der Waals surface area contributed by atoms with Crippen molar-refractivity contribution in [3.63, 3.8) is 0 Å². The van der Waals surface area contributed by atoms with Gasteiger partial charge in [-0.05, 0) is 68.1 Å². The summed E-state index contributed by atoms with van der Waals surface area (Å²) in [5.74, 6) is -5.90. The lowest BCUT2D eigenvalue weighted by Crippen LogP contribution is -2.51. The van der Waals surface area contributed by atoms with Gasteiger partial charge >= 0.3 is 5.92 Å². The summed E-state index contributed by atoms with van der Waals surface area (Å²) in [6.07, 6.45) is 2.39. The van der Waals surface area contributed by atoms with Gasteiger partial charge in [0.2, 0.25) is 0 Å². The molecule has 172 valence electrons. The monoisotopic (exact) mass is 464 g/mol. The van der Waals surface area contributed by atoms with Crippen molar-refractivity contribution in [1.82, 2.24) is 10.2 Å². The zero-order valence-corrected chi connectivity index (χ0v) is 18.8. The molecule has 32 heavy (non-hydrogen) atoms. The molecule has 0 radical (unpaired) electrons. The molecule has 1 amide bonds. The lowest BCUT2D eigenvalue weighted by molar-refractivity contribution is -0.153. The first kappa shape index (κ1) is 23.0. The predicted octanol–water partition coefficient (Wildman–Crippen LogP) is 4.51. The highest BCUT2D eigenvalue weighted by atomic mass is 32.2. The summed E-state index contributed by atoms with van der Waals surface area (Å²) < 4.78 is 49.9. The average molecular weight is 465 g/mol. The molecule has 1 saturated heterocycles. The molecule has 0 saturated carbocycles. The fourth-order valence-electron chi connectivity index (χ4n) is 4.41. The van der Waals surface area contributed by atoms with Gasteiger partial charge in [0, 0.05) is 17.4 Å². The van der Waals surface area contributed by atoms with Gasteiger partial charge in [0.05, 0.1) is 12.5 Å². The number of amides is 1. The summed E-state index contributed by atoms with van der Waals surface area (Å²) in [4.78, 5) is 15.1. The number of hydrogen-bond acceptors (Lipinski definition) is 4. The number of benzene rings is 2. The van der Waals surface area contributed by atoms with E-state index in [4.69, 9.17) is 4.74 Å². The lowest BCUT2D eigenvalue weighted by atomic mass is 9.97. The first-order valence-electron chi connectivity index (χ1n) is 10.8. The van der Waals surface area contributed by atoms with Gasteiger partial charge in [-0.1, -0.05) is 36.0 Å². The van der Waals surface area contributed by atoms with Crippen LogP contribution < -0.4 is 10.1 Å². The van der Waals surface area contributed by atoms with Gasteiger partial charge in [0.15, 0.2) is 0 Å². The number of nitrogens with one attached hydrogen (secondary N) is 1. The topological polar surface area (TPSA) is 41.6 Å². The van der Waals surface area contributed by atoms with Gasteiger partial charge in [0.1, 0.15) is 11.6 Å². The van der Waals surface area contributed by atoms with Crippen LogP contribution in [0.2, 0.25) is 0 Å². The van der Waals surface area contributed by atoms with Gasteiger partial charge < -0.3 is 15.0 Å². The number of likely N-dealkylation sites (tertiary alicyclic amines) is 1. The summed E-state index contributed by atoms with van der Waals surface area (Å²) in [6, 6.07) is 11.6. The van der Waals surface area contributed by atoms with Gasteiger partial charge in [-0.25, -0.2) is 4.39 Å². The Morgan fingerprint density at radius 2 is 1.84 bits per heavy atom. The number of hydrogen-bond donors (Lipinski definition) is 1. The number of fused-ring (bicyclic) bond motifs is 1. The maximum absolute atomic E-state index is 15.2. The minimum atomic E-state index is -3.52. The van der Waals surface area contributed by atoms with Crippen LogP contribution in [0.3, 0.4) is 0 Å². The molecule has 1 aliphatic carbocycles. The highest BCUT2D eigenvalue weighted by Gasteiger charge is 2.49. The largest absolute Gasteiger partial charge is 0.497 e. The molecule has 2 aliphatic rings. The maximum atomic E-state index is 15.2. The predicted molar refractivity (Wildman–Crippen MR) is 119 cm³/mol.